The fourth-order valence-electron chi connectivity index (χ4n) is 5.73. The highest BCUT2D eigenvalue weighted by Gasteiger charge is 2.44. The van der Waals surface area contributed by atoms with Crippen LogP contribution in [0.1, 0.15) is 69.9 Å². The minimum absolute atomic E-state index is 0.0793. The summed E-state index contributed by atoms with van der Waals surface area (Å²) in [4.78, 5) is 41.2. The van der Waals surface area contributed by atoms with Gasteiger partial charge in [-0.2, -0.15) is 0 Å². The standard InChI is InChI=1S/C17H28N4O3.C13H12.C2H6/c1-18-16(23)14-8-7-12-5-4-6-13(17(24)21(12)14)19-15(22)11-20-9-2-3-10-20;1-3-7-12(8-4-1)11-13-9-5-2-6-10-13;1-2/h12-14H,2-11H2,1H3,(H,18,23)(H,19,22);1-10H,11H2;1-2H3/t12-,13-,14-;;/m0../s1. The molecule has 3 aliphatic rings. The molecule has 3 amide bonds. The lowest BCUT2D eigenvalue weighted by atomic mass is 10.1. The van der Waals surface area contributed by atoms with Gasteiger partial charge in [0.15, 0.2) is 0 Å². The van der Waals surface area contributed by atoms with E-state index in [0.29, 0.717) is 19.4 Å². The van der Waals surface area contributed by atoms with Crippen molar-refractivity contribution in [2.45, 2.75) is 83.3 Å². The van der Waals surface area contributed by atoms with Gasteiger partial charge in [0, 0.05) is 13.1 Å². The van der Waals surface area contributed by atoms with Gasteiger partial charge in [-0.15, -0.1) is 0 Å². The molecular weight excluding hydrogens is 488 g/mol. The summed E-state index contributed by atoms with van der Waals surface area (Å²) in [6.07, 6.45) is 7.38. The van der Waals surface area contributed by atoms with E-state index in [2.05, 4.69) is 76.2 Å². The predicted octanol–water partition coefficient (Wildman–Crippen LogP) is 4.16. The number of rotatable bonds is 6. The fourth-order valence-corrected chi connectivity index (χ4v) is 5.73. The topological polar surface area (TPSA) is 81.8 Å². The van der Waals surface area contributed by atoms with Crippen molar-refractivity contribution >= 4 is 17.7 Å². The van der Waals surface area contributed by atoms with Gasteiger partial charge in [-0.05, 0) is 75.6 Å². The van der Waals surface area contributed by atoms with Crippen LogP contribution in [0.25, 0.3) is 0 Å². The van der Waals surface area contributed by atoms with Gasteiger partial charge in [-0.1, -0.05) is 74.5 Å². The van der Waals surface area contributed by atoms with E-state index in [1.807, 2.05) is 13.8 Å². The summed E-state index contributed by atoms with van der Waals surface area (Å²) in [5, 5.41) is 5.58. The van der Waals surface area contributed by atoms with E-state index in [0.717, 1.165) is 51.6 Å². The van der Waals surface area contributed by atoms with Gasteiger partial charge in [0.2, 0.25) is 17.7 Å². The number of hydrogen-bond acceptors (Lipinski definition) is 4. The molecule has 3 atom stereocenters. The van der Waals surface area contributed by atoms with Gasteiger partial charge < -0.3 is 15.5 Å². The maximum Gasteiger partial charge on any atom is 0.246 e. The molecule has 0 unspecified atom stereocenters. The zero-order valence-corrected chi connectivity index (χ0v) is 23.9. The van der Waals surface area contributed by atoms with Crippen LogP contribution in [0.3, 0.4) is 0 Å². The Bertz CT molecular complexity index is 987. The Morgan fingerprint density at radius 3 is 1.97 bits per heavy atom. The first kappa shape index (κ1) is 30.4. The molecule has 7 nitrogen and oxygen atoms in total. The Balaban J connectivity index is 0.000000236. The molecule has 212 valence electrons. The van der Waals surface area contributed by atoms with Crippen molar-refractivity contribution in [1.29, 1.82) is 0 Å². The molecule has 2 aromatic carbocycles. The van der Waals surface area contributed by atoms with E-state index in [1.54, 1.807) is 11.9 Å². The number of benzene rings is 2. The molecule has 3 aliphatic heterocycles. The lowest BCUT2D eigenvalue weighted by molar-refractivity contribution is -0.142. The molecular formula is C32H46N4O3. The molecule has 3 heterocycles. The van der Waals surface area contributed by atoms with E-state index in [9.17, 15) is 14.4 Å². The highest BCUT2D eigenvalue weighted by Crippen LogP contribution is 2.31. The first-order valence-electron chi connectivity index (χ1n) is 14.7. The van der Waals surface area contributed by atoms with E-state index in [4.69, 9.17) is 0 Å². The quantitative estimate of drug-likeness (QED) is 0.583. The molecule has 5 rings (SSSR count). The number of carbonyl (C=O) groups is 3. The molecule has 2 N–H and O–H groups in total. The van der Waals surface area contributed by atoms with Crippen molar-refractivity contribution in [1.82, 2.24) is 20.4 Å². The van der Waals surface area contributed by atoms with Crippen LogP contribution in [0, 0.1) is 0 Å². The third-order valence-electron chi connectivity index (χ3n) is 7.63. The molecule has 39 heavy (non-hydrogen) atoms. The predicted molar refractivity (Wildman–Crippen MR) is 156 cm³/mol. The second kappa shape index (κ2) is 16.0. The number of amides is 3. The summed E-state index contributed by atoms with van der Waals surface area (Å²) in [6.45, 7) is 6.28. The lowest BCUT2D eigenvalue weighted by Crippen LogP contribution is -2.55. The number of hydrogen-bond donors (Lipinski definition) is 2. The summed E-state index contributed by atoms with van der Waals surface area (Å²) in [5.41, 5.74) is 2.74. The number of likely N-dealkylation sites (tertiary alicyclic amines) is 1. The molecule has 3 saturated heterocycles. The zero-order valence-electron chi connectivity index (χ0n) is 23.9. The Labute approximate surface area is 234 Å². The van der Waals surface area contributed by atoms with Crippen molar-refractivity contribution in [3.05, 3.63) is 71.8 Å². The van der Waals surface area contributed by atoms with Crippen LogP contribution < -0.4 is 10.6 Å². The van der Waals surface area contributed by atoms with Crippen molar-refractivity contribution in [3.63, 3.8) is 0 Å². The highest BCUT2D eigenvalue weighted by atomic mass is 16.2. The minimum Gasteiger partial charge on any atom is -0.357 e. The van der Waals surface area contributed by atoms with Gasteiger partial charge >= 0.3 is 0 Å². The summed E-state index contributed by atoms with van der Waals surface area (Å²) >= 11 is 0. The Kier molecular flexibility index (Phi) is 12.5. The Morgan fingerprint density at radius 2 is 1.41 bits per heavy atom. The van der Waals surface area contributed by atoms with Crippen LogP contribution in [-0.4, -0.2) is 72.3 Å². The van der Waals surface area contributed by atoms with Crippen LogP contribution in [0.5, 0.6) is 0 Å². The van der Waals surface area contributed by atoms with E-state index >= 15 is 0 Å². The normalized spacial score (nSPS) is 22.4. The van der Waals surface area contributed by atoms with E-state index in [1.165, 1.54) is 11.1 Å². The molecule has 0 radical (unpaired) electrons. The number of likely N-dealkylation sites (N-methyl/N-ethyl adjacent to an activating group) is 1. The number of carbonyl (C=O) groups excluding carboxylic acids is 3. The molecule has 7 heteroatoms. The second-order valence-corrected chi connectivity index (χ2v) is 10.3. The molecule has 3 fully saturated rings. The average Bonchev–Trinajstić information content (AvgIpc) is 3.61. The van der Waals surface area contributed by atoms with Crippen LogP contribution in [0.2, 0.25) is 0 Å². The number of nitrogens with one attached hydrogen (secondary N) is 2. The summed E-state index contributed by atoms with van der Waals surface area (Å²) in [7, 11) is 1.60. The molecule has 0 bridgehead atoms. The smallest absolute Gasteiger partial charge is 0.246 e. The van der Waals surface area contributed by atoms with Crippen molar-refractivity contribution < 1.29 is 14.4 Å². The van der Waals surface area contributed by atoms with Gasteiger partial charge in [0.25, 0.3) is 0 Å². The Hall–Kier alpha value is -3.19. The van der Waals surface area contributed by atoms with Crippen molar-refractivity contribution in [3.8, 4) is 0 Å². The monoisotopic (exact) mass is 534 g/mol. The van der Waals surface area contributed by atoms with Crippen LogP contribution in [0.15, 0.2) is 60.7 Å². The average molecular weight is 535 g/mol. The lowest BCUT2D eigenvalue weighted by Gasteiger charge is -2.30. The molecule has 0 spiro atoms. The first-order chi connectivity index (χ1) is 19.0. The summed E-state index contributed by atoms with van der Waals surface area (Å²) in [6, 6.07) is 20.3. The maximum absolute atomic E-state index is 12.9. The van der Waals surface area contributed by atoms with Gasteiger partial charge in [0.1, 0.15) is 12.1 Å². The van der Waals surface area contributed by atoms with Gasteiger partial charge in [-0.25, -0.2) is 0 Å². The maximum atomic E-state index is 12.9. The third kappa shape index (κ3) is 8.92. The molecule has 2 aromatic rings. The van der Waals surface area contributed by atoms with Crippen LogP contribution >= 0.6 is 0 Å². The zero-order chi connectivity index (χ0) is 28.0. The van der Waals surface area contributed by atoms with E-state index < -0.39 is 6.04 Å². The summed E-state index contributed by atoms with van der Waals surface area (Å²) < 4.78 is 0. The highest BCUT2D eigenvalue weighted by molar-refractivity contribution is 5.93. The molecule has 0 aromatic heterocycles. The second-order valence-electron chi connectivity index (χ2n) is 10.3. The van der Waals surface area contributed by atoms with Gasteiger partial charge in [-0.3, -0.25) is 19.3 Å². The third-order valence-corrected chi connectivity index (χ3v) is 7.63. The molecule has 0 aliphatic carbocycles. The Morgan fingerprint density at radius 1 is 0.821 bits per heavy atom. The summed E-state index contributed by atoms with van der Waals surface area (Å²) in [5.74, 6) is -0.266. The largest absolute Gasteiger partial charge is 0.357 e. The van der Waals surface area contributed by atoms with Crippen molar-refractivity contribution in [2.75, 3.05) is 26.7 Å². The molecule has 0 saturated carbocycles. The van der Waals surface area contributed by atoms with E-state index in [-0.39, 0.29) is 29.8 Å². The SMILES string of the molecule is CC.CNC(=O)[C@@H]1CC[C@@H]2CCC[C@H](NC(=O)CN3CCCC3)C(=O)N21.c1ccc(Cc2ccccc2)cc1. The number of nitrogens with zero attached hydrogens (tertiary/aromatic N) is 2. The first-order valence-corrected chi connectivity index (χ1v) is 14.7. The van der Waals surface area contributed by atoms with Crippen molar-refractivity contribution in [2.24, 2.45) is 0 Å². The van der Waals surface area contributed by atoms with Gasteiger partial charge in [0.05, 0.1) is 6.54 Å². The minimum atomic E-state index is -0.490. The van der Waals surface area contributed by atoms with Crippen LogP contribution in [0.4, 0.5) is 0 Å². The van der Waals surface area contributed by atoms with Crippen LogP contribution in [-0.2, 0) is 20.8 Å². The fraction of sp³-hybridized carbons (Fsp3) is 0.531. The number of fused-ring (bicyclic) bond motifs is 1.